The van der Waals surface area contributed by atoms with Gasteiger partial charge in [0, 0.05) is 31.1 Å². The maximum absolute atomic E-state index is 6.48. The minimum absolute atomic E-state index is 0.0720. The van der Waals surface area contributed by atoms with E-state index in [1.54, 1.807) is 7.11 Å². The zero-order valence-corrected chi connectivity index (χ0v) is 20.2. The van der Waals surface area contributed by atoms with E-state index < -0.39 is 0 Å². The highest BCUT2D eigenvalue weighted by Crippen LogP contribution is 2.35. The molecular weight excluding hydrogens is 432 g/mol. The van der Waals surface area contributed by atoms with E-state index in [9.17, 15) is 0 Å². The summed E-state index contributed by atoms with van der Waals surface area (Å²) in [5, 5.41) is 0.757. The highest BCUT2D eigenvalue weighted by Gasteiger charge is 2.26. The Bertz CT molecular complexity index is 1070. The van der Waals surface area contributed by atoms with Gasteiger partial charge in [-0.05, 0) is 38.3 Å². The van der Waals surface area contributed by atoms with E-state index in [1.807, 2.05) is 44.2 Å². The molecule has 0 spiro atoms. The molecule has 34 heavy (non-hydrogen) atoms. The molecule has 3 aromatic rings. The van der Waals surface area contributed by atoms with Crippen molar-refractivity contribution < 1.29 is 18.9 Å². The van der Waals surface area contributed by atoms with Crippen LogP contribution in [0.5, 0.6) is 11.5 Å². The molecule has 4 rings (SSSR count). The van der Waals surface area contributed by atoms with Crippen molar-refractivity contribution >= 4 is 22.7 Å². The van der Waals surface area contributed by atoms with Crippen molar-refractivity contribution in [1.29, 1.82) is 0 Å². The van der Waals surface area contributed by atoms with Gasteiger partial charge in [-0.3, -0.25) is 0 Å². The first-order valence-electron chi connectivity index (χ1n) is 11.9. The monoisotopic (exact) mass is 466 g/mol. The number of aromatic nitrogens is 2. The summed E-state index contributed by atoms with van der Waals surface area (Å²) >= 11 is 0. The molecular formula is C26H34N4O4. The van der Waals surface area contributed by atoms with Crippen LogP contribution in [0.3, 0.4) is 0 Å². The lowest BCUT2D eigenvalue weighted by Gasteiger charge is -2.34. The third-order valence-corrected chi connectivity index (χ3v) is 6.02. The molecule has 8 heteroatoms. The van der Waals surface area contributed by atoms with Crippen molar-refractivity contribution in [2.45, 2.75) is 38.9 Å². The van der Waals surface area contributed by atoms with Crippen LogP contribution in [-0.4, -0.2) is 56.1 Å². The number of hydrogen-bond acceptors (Lipinski definition) is 8. The first-order valence-corrected chi connectivity index (χ1v) is 11.9. The van der Waals surface area contributed by atoms with E-state index in [2.05, 4.69) is 22.0 Å². The number of hydrogen-bond donors (Lipinski definition) is 1. The highest BCUT2D eigenvalue weighted by molar-refractivity contribution is 5.91. The summed E-state index contributed by atoms with van der Waals surface area (Å²) in [7, 11) is 1.62. The zero-order chi connectivity index (χ0) is 23.9. The van der Waals surface area contributed by atoms with E-state index in [1.165, 1.54) is 0 Å². The summed E-state index contributed by atoms with van der Waals surface area (Å²) in [6.45, 7) is 7.27. The molecule has 0 bridgehead atoms. The number of ether oxygens (including phenoxy) is 4. The normalized spacial score (nSPS) is 15.4. The smallest absolute Gasteiger partial charge is 0.227 e. The Kier molecular flexibility index (Phi) is 8.03. The SMILES string of the molecule is CCOCC(OC1CCN(c2nc(N)c3cc(OCC)c(OC)cc3n2)CC1)c1ccccc1. The number of benzene rings is 2. The maximum atomic E-state index is 6.48. The summed E-state index contributed by atoms with van der Waals surface area (Å²) in [5.41, 5.74) is 8.19. The van der Waals surface area contributed by atoms with Crippen LogP contribution in [0.4, 0.5) is 11.8 Å². The van der Waals surface area contributed by atoms with E-state index >= 15 is 0 Å². The highest BCUT2D eigenvalue weighted by atomic mass is 16.5. The molecule has 8 nitrogen and oxygen atoms in total. The Morgan fingerprint density at radius 3 is 2.47 bits per heavy atom. The standard InChI is InChI=1S/C26H34N4O4/c1-4-32-17-24(18-9-7-6-8-10-18)34-19-11-13-30(14-12-19)26-28-21-16-22(31-3)23(33-5-2)15-20(21)25(27)29-26/h6-10,15-16,19,24H,4-5,11-14,17H2,1-3H3,(H2,27,28,29). The van der Waals surface area contributed by atoms with Crippen molar-refractivity contribution in [2.24, 2.45) is 0 Å². The lowest BCUT2D eigenvalue weighted by Crippen LogP contribution is -2.39. The van der Waals surface area contributed by atoms with Crippen LogP contribution >= 0.6 is 0 Å². The minimum atomic E-state index is -0.0720. The predicted octanol–water partition coefficient (Wildman–Crippen LogP) is 4.38. The first-order chi connectivity index (χ1) is 16.6. The zero-order valence-electron chi connectivity index (χ0n) is 20.2. The number of anilines is 2. The molecule has 1 aliphatic rings. The predicted molar refractivity (Wildman–Crippen MR) is 134 cm³/mol. The second-order valence-electron chi connectivity index (χ2n) is 8.24. The van der Waals surface area contributed by atoms with Gasteiger partial charge in [-0.2, -0.15) is 4.98 Å². The van der Waals surface area contributed by atoms with Crippen LogP contribution in [0.25, 0.3) is 10.9 Å². The molecule has 1 aromatic heterocycles. The summed E-state index contributed by atoms with van der Waals surface area (Å²) < 4.78 is 23.3. The van der Waals surface area contributed by atoms with E-state index in [4.69, 9.17) is 29.7 Å². The molecule has 1 atom stereocenters. The summed E-state index contributed by atoms with van der Waals surface area (Å²) in [6.07, 6.45) is 1.83. The van der Waals surface area contributed by atoms with Crippen molar-refractivity contribution in [2.75, 3.05) is 50.7 Å². The molecule has 182 valence electrons. The van der Waals surface area contributed by atoms with Crippen LogP contribution in [-0.2, 0) is 9.47 Å². The average molecular weight is 467 g/mol. The fourth-order valence-corrected chi connectivity index (χ4v) is 4.25. The fraction of sp³-hybridized carbons (Fsp3) is 0.462. The summed E-state index contributed by atoms with van der Waals surface area (Å²) in [4.78, 5) is 11.5. The summed E-state index contributed by atoms with van der Waals surface area (Å²) in [6, 6.07) is 14.0. The lowest BCUT2D eigenvalue weighted by atomic mass is 10.1. The van der Waals surface area contributed by atoms with Crippen LogP contribution < -0.4 is 20.1 Å². The van der Waals surface area contributed by atoms with Crippen LogP contribution in [0.2, 0.25) is 0 Å². The third-order valence-electron chi connectivity index (χ3n) is 6.02. The van der Waals surface area contributed by atoms with Gasteiger partial charge in [0.25, 0.3) is 0 Å². The quantitative estimate of drug-likeness (QED) is 0.471. The number of piperidine rings is 1. The van der Waals surface area contributed by atoms with Crippen molar-refractivity contribution in [3.63, 3.8) is 0 Å². The van der Waals surface area contributed by atoms with Crippen molar-refractivity contribution in [1.82, 2.24) is 9.97 Å². The maximum Gasteiger partial charge on any atom is 0.227 e. The molecule has 0 radical (unpaired) electrons. The second kappa shape index (κ2) is 11.4. The van der Waals surface area contributed by atoms with Crippen LogP contribution in [0, 0.1) is 0 Å². The number of nitrogens with two attached hydrogens (primary N) is 1. The van der Waals surface area contributed by atoms with Gasteiger partial charge in [-0.25, -0.2) is 4.98 Å². The Morgan fingerprint density at radius 1 is 1.03 bits per heavy atom. The topological polar surface area (TPSA) is 92.0 Å². The summed E-state index contributed by atoms with van der Waals surface area (Å²) in [5.74, 6) is 2.33. The molecule has 2 aromatic carbocycles. The van der Waals surface area contributed by atoms with Gasteiger partial charge < -0.3 is 29.6 Å². The van der Waals surface area contributed by atoms with Gasteiger partial charge in [0.15, 0.2) is 11.5 Å². The van der Waals surface area contributed by atoms with Gasteiger partial charge in [0.05, 0.1) is 31.9 Å². The number of fused-ring (bicyclic) bond motifs is 1. The van der Waals surface area contributed by atoms with E-state index in [-0.39, 0.29) is 12.2 Å². The van der Waals surface area contributed by atoms with Crippen molar-refractivity contribution in [3.8, 4) is 11.5 Å². The fourth-order valence-electron chi connectivity index (χ4n) is 4.25. The number of rotatable bonds is 10. The van der Waals surface area contributed by atoms with E-state index in [0.717, 1.165) is 42.4 Å². The third kappa shape index (κ3) is 5.51. The van der Waals surface area contributed by atoms with Gasteiger partial charge in [0.1, 0.15) is 11.9 Å². The molecule has 1 saturated heterocycles. The number of nitrogens with zero attached hydrogens (tertiary/aromatic N) is 3. The van der Waals surface area contributed by atoms with Crippen LogP contribution in [0.1, 0.15) is 38.4 Å². The Labute approximate surface area is 201 Å². The first kappa shape index (κ1) is 24.0. The average Bonchev–Trinajstić information content (AvgIpc) is 2.87. The van der Waals surface area contributed by atoms with Crippen LogP contribution in [0.15, 0.2) is 42.5 Å². The van der Waals surface area contributed by atoms with E-state index in [0.29, 0.717) is 43.1 Å². The minimum Gasteiger partial charge on any atom is -0.493 e. The second-order valence-corrected chi connectivity index (χ2v) is 8.24. The molecule has 0 amide bonds. The molecule has 0 saturated carbocycles. The number of nitrogen functional groups attached to an aromatic ring is 1. The molecule has 1 aliphatic heterocycles. The Hall–Kier alpha value is -3.10. The lowest BCUT2D eigenvalue weighted by molar-refractivity contribution is -0.0650. The molecule has 2 N–H and O–H groups in total. The molecule has 1 fully saturated rings. The van der Waals surface area contributed by atoms with Gasteiger partial charge in [0.2, 0.25) is 5.95 Å². The largest absolute Gasteiger partial charge is 0.493 e. The van der Waals surface area contributed by atoms with Gasteiger partial charge in [-0.1, -0.05) is 30.3 Å². The molecule has 2 heterocycles. The van der Waals surface area contributed by atoms with Gasteiger partial charge in [-0.15, -0.1) is 0 Å². The molecule has 1 unspecified atom stereocenters. The Morgan fingerprint density at radius 2 is 1.79 bits per heavy atom. The van der Waals surface area contributed by atoms with Gasteiger partial charge >= 0.3 is 0 Å². The molecule has 0 aliphatic carbocycles. The Balaban J connectivity index is 1.46. The number of methoxy groups -OCH3 is 1. The van der Waals surface area contributed by atoms with Crippen molar-refractivity contribution in [3.05, 3.63) is 48.0 Å².